The van der Waals surface area contributed by atoms with E-state index in [0.717, 1.165) is 60.2 Å². The van der Waals surface area contributed by atoms with Gasteiger partial charge in [-0.25, -0.2) is 4.98 Å². The first-order valence-corrected chi connectivity index (χ1v) is 11.2. The van der Waals surface area contributed by atoms with Crippen LogP contribution in [0, 0.1) is 0 Å². The lowest BCUT2D eigenvalue weighted by Gasteiger charge is -2.27. The number of hydrogen-bond donors (Lipinski definition) is 1. The number of ether oxygens (including phenoxy) is 1. The molecule has 168 valence electrons. The lowest BCUT2D eigenvalue weighted by Crippen LogP contribution is -2.36. The highest BCUT2D eigenvalue weighted by atomic mass is 16.5. The van der Waals surface area contributed by atoms with E-state index in [0.29, 0.717) is 11.8 Å². The summed E-state index contributed by atoms with van der Waals surface area (Å²) in [4.78, 5) is 6.81. The smallest absolute Gasteiger partial charge is 0.256 e. The molecule has 0 radical (unpaired) electrons. The molecule has 0 atom stereocenters. The van der Waals surface area contributed by atoms with Crippen molar-refractivity contribution < 1.29 is 13.8 Å². The molecule has 1 aliphatic heterocycles. The number of morpholine rings is 1. The first kappa shape index (κ1) is 20.3. The number of H-pyrrole nitrogens is 1. The first-order chi connectivity index (χ1) is 16.8. The van der Waals surface area contributed by atoms with Crippen LogP contribution in [0.3, 0.4) is 0 Å². The Morgan fingerprint density at radius 1 is 0.794 bits per heavy atom. The maximum absolute atomic E-state index is 6.12. The van der Waals surface area contributed by atoms with Crippen LogP contribution in [0.25, 0.3) is 39.9 Å². The van der Waals surface area contributed by atoms with E-state index in [1.807, 2.05) is 71.5 Å². The van der Waals surface area contributed by atoms with Crippen molar-refractivity contribution in [2.45, 2.75) is 0 Å². The van der Waals surface area contributed by atoms with Crippen molar-refractivity contribution in [1.82, 2.24) is 20.3 Å². The van der Waals surface area contributed by atoms with E-state index in [9.17, 15) is 0 Å². The van der Waals surface area contributed by atoms with Crippen molar-refractivity contribution in [3.63, 3.8) is 0 Å². The number of hydrogen-bond acceptors (Lipinski definition) is 6. The van der Waals surface area contributed by atoms with Crippen molar-refractivity contribution in [1.29, 1.82) is 0 Å². The number of nitrogens with zero attached hydrogens (tertiary/aromatic N) is 5. The Morgan fingerprint density at radius 2 is 1.53 bits per heavy atom. The second kappa shape index (κ2) is 8.92. The number of aromatic amines is 1. The van der Waals surface area contributed by atoms with Crippen LogP contribution in [0.1, 0.15) is 0 Å². The summed E-state index contributed by atoms with van der Waals surface area (Å²) < 4.78 is 13.5. The monoisotopic (exact) mass is 451 g/mol. The maximum atomic E-state index is 6.12. The third-order valence-electron chi connectivity index (χ3n) is 5.84. The summed E-state index contributed by atoms with van der Waals surface area (Å²) in [5.74, 6) is 1.80. The normalized spacial score (nSPS) is 13.8. The topological polar surface area (TPSA) is 84.0 Å². The summed E-state index contributed by atoms with van der Waals surface area (Å²) in [6.07, 6.45) is 3.76. The van der Waals surface area contributed by atoms with Gasteiger partial charge in [-0.15, -0.1) is 10.2 Å². The van der Waals surface area contributed by atoms with Gasteiger partial charge in [0, 0.05) is 37.0 Å². The summed E-state index contributed by atoms with van der Waals surface area (Å²) in [5, 5.41) is 12.1. The van der Waals surface area contributed by atoms with Gasteiger partial charge in [0.05, 0.1) is 18.8 Å². The number of aromatic nitrogens is 5. The molecule has 0 amide bonds. The minimum absolute atomic E-state index is 0.433. The number of rotatable bonds is 5. The molecule has 2 aromatic carbocycles. The molecule has 34 heavy (non-hydrogen) atoms. The molecule has 1 fully saturated rings. The zero-order chi connectivity index (χ0) is 22.7. The van der Waals surface area contributed by atoms with Crippen LogP contribution in [0.2, 0.25) is 0 Å². The summed E-state index contributed by atoms with van der Waals surface area (Å²) >= 11 is 0. The molecule has 5 aromatic rings. The van der Waals surface area contributed by atoms with Crippen LogP contribution in [0.15, 0.2) is 89.6 Å². The van der Waals surface area contributed by atoms with Gasteiger partial charge in [-0.05, 0) is 12.1 Å². The van der Waals surface area contributed by atoms with Crippen molar-refractivity contribution in [3.05, 3.63) is 85.2 Å². The first-order valence-electron chi connectivity index (χ1n) is 11.2. The molecule has 0 saturated carbocycles. The lowest BCUT2D eigenvalue weighted by molar-refractivity contribution is -0.654. The molecule has 8 heteroatoms. The van der Waals surface area contributed by atoms with Gasteiger partial charge >= 0.3 is 0 Å². The fraction of sp³-hybridized carbons (Fsp3) is 0.154. The molecule has 8 nitrogen and oxygen atoms in total. The van der Waals surface area contributed by atoms with E-state index in [1.54, 1.807) is 6.20 Å². The maximum Gasteiger partial charge on any atom is 0.256 e. The fourth-order valence-corrected chi connectivity index (χ4v) is 4.06. The lowest BCUT2D eigenvalue weighted by atomic mass is 10.1. The summed E-state index contributed by atoms with van der Waals surface area (Å²) in [6.45, 7) is 3.13. The molecule has 1 saturated heterocycles. The van der Waals surface area contributed by atoms with Crippen LogP contribution in [0.4, 0.5) is 5.82 Å². The van der Waals surface area contributed by atoms with Crippen molar-refractivity contribution in [3.8, 4) is 39.9 Å². The van der Waals surface area contributed by atoms with Gasteiger partial charge < -0.3 is 14.1 Å². The predicted octanol–water partition coefficient (Wildman–Crippen LogP) is 3.91. The molecule has 1 N–H and O–H groups in total. The van der Waals surface area contributed by atoms with E-state index >= 15 is 0 Å². The Kier molecular flexibility index (Phi) is 5.33. The highest BCUT2D eigenvalue weighted by Gasteiger charge is 2.24. The quantitative estimate of drug-likeness (QED) is 0.408. The Hall–Kier alpha value is -4.30. The second-order valence-electron chi connectivity index (χ2n) is 8.02. The zero-order valence-electron chi connectivity index (χ0n) is 18.5. The third-order valence-corrected chi connectivity index (χ3v) is 5.84. The molecule has 1 aliphatic rings. The average molecular weight is 452 g/mol. The Bertz CT molecular complexity index is 1370. The van der Waals surface area contributed by atoms with Gasteiger partial charge in [-0.2, -0.15) is 5.10 Å². The molecule has 3 aromatic heterocycles. The van der Waals surface area contributed by atoms with E-state index in [2.05, 4.69) is 37.3 Å². The largest absolute Gasteiger partial charge is 0.416 e. The standard InChI is InChI=1S/C26H22N6O2/c1-3-7-19(8-4-1)24-22(18-32(30-24)21-9-5-2-6-10-21)26-29-28-25(34-26)20-11-12-23(27-17-20)31-13-15-33-16-14-31/h1-12,17-18H,13-16H2/p+1. The van der Waals surface area contributed by atoms with Gasteiger partial charge in [-0.3, -0.25) is 0 Å². The van der Waals surface area contributed by atoms with Crippen LogP contribution in [0.5, 0.6) is 0 Å². The predicted molar refractivity (Wildman–Crippen MR) is 127 cm³/mol. The van der Waals surface area contributed by atoms with Crippen LogP contribution in [-0.4, -0.2) is 46.6 Å². The van der Waals surface area contributed by atoms with Crippen molar-refractivity contribution >= 4 is 5.82 Å². The van der Waals surface area contributed by atoms with Gasteiger partial charge in [0.2, 0.25) is 17.8 Å². The van der Waals surface area contributed by atoms with Crippen LogP contribution >= 0.6 is 0 Å². The Labute approximate surface area is 196 Å². The van der Waals surface area contributed by atoms with Crippen LogP contribution in [-0.2, 0) is 4.74 Å². The summed E-state index contributed by atoms with van der Waals surface area (Å²) in [6, 6.07) is 24.1. The average Bonchev–Trinajstić information content (AvgIpc) is 3.58. The van der Waals surface area contributed by atoms with Gasteiger partial charge in [0.15, 0.2) is 0 Å². The number of anilines is 1. The fourth-order valence-electron chi connectivity index (χ4n) is 4.06. The summed E-state index contributed by atoms with van der Waals surface area (Å²) in [7, 11) is 0. The molecular weight excluding hydrogens is 428 g/mol. The van der Waals surface area contributed by atoms with Gasteiger partial charge in [0.25, 0.3) is 5.89 Å². The second-order valence-corrected chi connectivity index (χ2v) is 8.02. The molecular formula is C26H23N6O2+. The van der Waals surface area contributed by atoms with Gasteiger partial charge in [-0.1, -0.05) is 53.2 Å². The molecule has 4 heterocycles. The van der Waals surface area contributed by atoms with Gasteiger partial charge in [0.1, 0.15) is 17.1 Å². The van der Waals surface area contributed by atoms with Crippen molar-refractivity contribution in [2.75, 3.05) is 31.2 Å². The Morgan fingerprint density at radius 3 is 2.26 bits per heavy atom. The zero-order valence-corrected chi connectivity index (χ0v) is 18.5. The number of nitrogens with one attached hydrogen (secondary N) is 1. The number of para-hydroxylation sites is 1. The van der Waals surface area contributed by atoms with Crippen molar-refractivity contribution in [2.24, 2.45) is 0 Å². The summed E-state index contributed by atoms with van der Waals surface area (Å²) in [5.41, 5.74) is 4.55. The highest BCUT2D eigenvalue weighted by Crippen LogP contribution is 2.31. The molecule has 0 bridgehead atoms. The third kappa shape index (κ3) is 3.95. The minimum Gasteiger partial charge on any atom is -0.416 e. The van der Waals surface area contributed by atoms with E-state index in [-0.39, 0.29) is 0 Å². The molecule has 6 rings (SSSR count). The van der Waals surface area contributed by atoms with E-state index in [1.165, 1.54) is 0 Å². The molecule has 0 aliphatic carbocycles. The number of benzene rings is 2. The molecule has 0 unspecified atom stereocenters. The minimum atomic E-state index is 0.433. The van der Waals surface area contributed by atoms with E-state index in [4.69, 9.17) is 9.15 Å². The SMILES string of the molecule is c1ccc(-c2[nH][n+](-c3ccccc3)cc2-c2nnc(-c3ccc(N4CCOCC4)nc3)o2)cc1. The number of pyridine rings is 1. The Balaban J connectivity index is 1.35. The molecule has 0 spiro atoms. The highest BCUT2D eigenvalue weighted by molar-refractivity contribution is 5.75. The van der Waals surface area contributed by atoms with E-state index < -0.39 is 0 Å². The van der Waals surface area contributed by atoms with Crippen LogP contribution < -0.4 is 9.58 Å².